The Morgan fingerprint density at radius 1 is 1.20 bits per heavy atom. The van der Waals surface area contributed by atoms with Gasteiger partial charge in [-0.05, 0) is 18.2 Å². The zero-order chi connectivity index (χ0) is 14.1. The molecule has 1 aliphatic rings. The van der Waals surface area contributed by atoms with Gasteiger partial charge in [0.25, 0.3) is 0 Å². The molecular weight excluding hydrogens is 276 g/mol. The summed E-state index contributed by atoms with van der Waals surface area (Å²) in [6.07, 6.45) is 1.93. The van der Waals surface area contributed by atoms with E-state index in [1.807, 2.05) is 30.7 Å². The normalized spacial score (nSPS) is 15.7. The predicted octanol–water partition coefficient (Wildman–Crippen LogP) is 1.66. The largest absolute Gasteiger partial charge is 0.384 e. The maximum absolute atomic E-state index is 10.6. The summed E-state index contributed by atoms with van der Waals surface area (Å²) in [5.41, 5.74) is 7.71. The van der Waals surface area contributed by atoms with Crippen molar-refractivity contribution >= 4 is 40.4 Å². The van der Waals surface area contributed by atoms with Crippen molar-refractivity contribution < 1.29 is 4.79 Å². The fraction of sp³-hybridized carbons (Fsp3) is 0.286. The highest BCUT2D eigenvalue weighted by atomic mass is 35.5. The Hall–Kier alpha value is -2.01. The maximum atomic E-state index is 10.6. The molecule has 1 aromatic heterocycles. The summed E-state index contributed by atoms with van der Waals surface area (Å²) in [4.78, 5) is 18.8. The summed E-state index contributed by atoms with van der Waals surface area (Å²) in [7, 11) is 0. The summed E-state index contributed by atoms with van der Waals surface area (Å²) in [5, 5.41) is 1.66. The summed E-state index contributed by atoms with van der Waals surface area (Å²) in [6.45, 7) is 2.86. The second-order valence-corrected chi connectivity index (χ2v) is 5.23. The van der Waals surface area contributed by atoms with E-state index in [1.54, 1.807) is 4.90 Å². The molecule has 3 rings (SSSR count). The monoisotopic (exact) mass is 289 g/mol. The van der Waals surface area contributed by atoms with Gasteiger partial charge in [0, 0.05) is 48.3 Å². The van der Waals surface area contributed by atoms with E-state index in [9.17, 15) is 4.79 Å². The minimum atomic E-state index is 0.471. The molecule has 1 amide bonds. The van der Waals surface area contributed by atoms with Gasteiger partial charge in [0.1, 0.15) is 5.82 Å². The van der Waals surface area contributed by atoms with Gasteiger partial charge in [-0.15, -0.1) is 0 Å². The molecule has 1 aromatic carbocycles. The molecule has 1 fully saturated rings. The first-order chi connectivity index (χ1) is 9.67. The van der Waals surface area contributed by atoms with Gasteiger partial charge in [0.2, 0.25) is 0 Å². The van der Waals surface area contributed by atoms with E-state index in [2.05, 4.69) is 9.88 Å². The third-order valence-electron chi connectivity index (χ3n) is 3.52. The third-order valence-corrected chi connectivity index (χ3v) is 3.75. The van der Waals surface area contributed by atoms with E-state index in [1.165, 1.54) is 0 Å². The predicted molar refractivity (Wildman–Crippen MR) is 80.6 cm³/mol. The second-order valence-electron chi connectivity index (χ2n) is 4.79. The Morgan fingerprint density at radius 2 is 1.95 bits per heavy atom. The first kappa shape index (κ1) is 13.0. The van der Waals surface area contributed by atoms with Crippen LogP contribution in [-0.4, -0.2) is 42.5 Å². The highest BCUT2D eigenvalue weighted by molar-refractivity contribution is 6.31. The average Bonchev–Trinajstić information content (AvgIpc) is 2.46. The summed E-state index contributed by atoms with van der Waals surface area (Å²) in [5.74, 6) is 0.471. The van der Waals surface area contributed by atoms with Crippen LogP contribution in [0.4, 0.5) is 11.5 Å². The molecule has 6 heteroatoms. The molecule has 2 heterocycles. The van der Waals surface area contributed by atoms with Gasteiger partial charge >= 0.3 is 6.41 Å². The third kappa shape index (κ3) is 2.36. The van der Waals surface area contributed by atoms with Gasteiger partial charge in [-0.3, -0.25) is 4.79 Å². The van der Waals surface area contributed by atoms with Crippen LogP contribution in [0.1, 0.15) is 0 Å². The number of nitrogens with two attached hydrogens (primary N) is 1. The fourth-order valence-electron chi connectivity index (χ4n) is 2.50. The Bertz CT molecular complexity index is 648. The number of aromatic nitrogens is 1. The van der Waals surface area contributed by atoms with Crippen molar-refractivity contribution in [2.75, 3.05) is 36.8 Å². The van der Waals surface area contributed by atoms with Crippen LogP contribution in [0.3, 0.4) is 0 Å². The number of fused-ring (bicyclic) bond motifs is 1. The van der Waals surface area contributed by atoms with Crippen molar-refractivity contribution in [1.29, 1.82) is 0 Å². The van der Waals surface area contributed by atoms with Crippen molar-refractivity contribution in [1.82, 2.24) is 9.88 Å². The topological polar surface area (TPSA) is 62.5 Å². The lowest BCUT2D eigenvalue weighted by Crippen LogP contribution is -2.45. The molecule has 20 heavy (non-hydrogen) atoms. The number of amides is 1. The van der Waals surface area contributed by atoms with Gasteiger partial charge in [-0.1, -0.05) is 11.6 Å². The molecule has 0 saturated carbocycles. The van der Waals surface area contributed by atoms with Crippen molar-refractivity contribution in [3.05, 3.63) is 29.3 Å². The van der Waals surface area contributed by atoms with E-state index >= 15 is 0 Å². The standard InChI is InChI=1S/C14H14ClN4O/c15-10-1-2-11-12(7-10)17-14(16)8-13(11)19-5-3-18(9-20)4-6-19/h1-2,7-8H,3-6H2,(H2,16,17). The molecule has 0 bridgehead atoms. The number of hydrogen-bond donors (Lipinski definition) is 1. The Balaban J connectivity index is 2.01. The molecule has 1 saturated heterocycles. The van der Waals surface area contributed by atoms with Crippen LogP contribution >= 0.6 is 11.6 Å². The molecule has 0 unspecified atom stereocenters. The number of pyridine rings is 1. The lowest BCUT2D eigenvalue weighted by atomic mass is 10.1. The molecule has 0 aliphatic carbocycles. The number of anilines is 2. The summed E-state index contributed by atoms with van der Waals surface area (Å²) in [6, 6.07) is 7.49. The van der Waals surface area contributed by atoms with Crippen LogP contribution in [0.2, 0.25) is 5.02 Å². The summed E-state index contributed by atoms with van der Waals surface area (Å²) < 4.78 is 0. The number of rotatable bonds is 2. The number of nitrogen functional groups attached to an aromatic ring is 1. The second kappa shape index (κ2) is 5.17. The molecule has 1 radical (unpaired) electrons. The van der Waals surface area contributed by atoms with Gasteiger partial charge < -0.3 is 15.5 Å². The lowest BCUT2D eigenvalue weighted by Gasteiger charge is -2.34. The molecule has 103 valence electrons. The lowest BCUT2D eigenvalue weighted by molar-refractivity contribution is 0.357. The van der Waals surface area contributed by atoms with Crippen LogP contribution in [0, 0.1) is 0 Å². The SMILES string of the molecule is Nc1cc(N2CCN([C]=O)CC2)c2ccc(Cl)cc2n1. The van der Waals surface area contributed by atoms with E-state index in [-0.39, 0.29) is 0 Å². The first-order valence-corrected chi connectivity index (χ1v) is 6.78. The number of piperazine rings is 1. The quantitative estimate of drug-likeness (QED) is 0.913. The number of halogens is 1. The van der Waals surface area contributed by atoms with Crippen LogP contribution in [-0.2, 0) is 4.79 Å². The minimum Gasteiger partial charge on any atom is -0.384 e. The van der Waals surface area contributed by atoms with Crippen molar-refractivity contribution in [2.45, 2.75) is 0 Å². The molecule has 2 aromatic rings. The molecule has 2 N–H and O–H groups in total. The highest BCUT2D eigenvalue weighted by Gasteiger charge is 2.18. The van der Waals surface area contributed by atoms with Crippen LogP contribution in [0.25, 0.3) is 10.9 Å². The average molecular weight is 290 g/mol. The number of benzene rings is 1. The highest BCUT2D eigenvalue weighted by Crippen LogP contribution is 2.30. The molecule has 5 nitrogen and oxygen atoms in total. The van der Waals surface area contributed by atoms with E-state index in [0.717, 1.165) is 29.7 Å². The van der Waals surface area contributed by atoms with E-state index in [0.29, 0.717) is 23.9 Å². The Morgan fingerprint density at radius 3 is 2.65 bits per heavy atom. The number of hydrogen-bond acceptors (Lipinski definition) is 4. The molecule has 0 atom stereocenters. The minimum absolute atomic E-state index is 0.471. The first-order valence-electron chi connectivity index (χ1n) is 6.41. The molecule has 1 aliphatic heterocycles. The zero-order valence-corrected chi connectivity index (χ0v) is 11.6. The van der Waals surface area contributed by atoms with Crippen molar-refractivity contribution in [2.24, 2.45) is 0 Å². The van der Waals surface area contributed by atoms with Gasteiger partial charge in [-0.25, -0.2) is 4.98 Å². The maximum Gasteiger partial charge on any atom is 0.312 e. The van der Waals surface area contributed by atoms with E-state index < -0.39 is 0 Å². The number of nitrogens with zero attached hydrogens (tertiary/aromatic N) is 3. The smallest absolute Gasteiger partial charge is 0.312 e. The van der Waals surface area contributed by atoms with Crippen LogP contribution in [0.15, 0.2) is 24.3 Å². The number of carbonyl (C=O) groups excluding carboxylic acids is 1. The van der Waals surface area contributed by atoms with Gasteiger partial charge in [0.05, 0.1) is 5.52 Å². The molecular formula is C14H14ClN4O. The van der Waals surface area contributed by atoms with Gasteiger partial charge in [0.15, 0.2) is 0 Å². The van der Waals surface area contributed by atoms with Crippen molar-refractivity contribution in [3.8, 4) is 0 Å². The van der Waals surface area contributed by atoms with Gasteiger partial charge in [-0.2, -0.15) is 0 Å². The molecule has 0 spiro atoms. The Labute approximate surface area is 121 Å². The fourth-order valence-corrected chi connectivity index (χ4v) is 2.67. The zero-order valence-electron chi connectivity index (χ0n) is 10.8. The van der Waals surface area contributed by atoms with Crippen LogP contribution in [0.5, 0.6) is 0 Å². The van der Waals surface area contributed by atoms with E-state index in [4.69, 9.17) is 17.3 Å². The van der Waals surface area contributed by atoms with Crippen molar-refractivity contribution in [3.63, 3.8) is 0 Å². The van der Waals surface area contributed by atoms with Crippen LogP contribution < -0.4 is 10.6 Å². The summed E-state index contributed by atoms with van der Waals surface area (Å²) >= 11 is 6.00. The Kier molecular flexibility index (Phi) is 3.36.